The van der Waals surface area contributed by atoms with E-state index in [0.29, 0.717) is 22.2 Å². The predicted molar refractivity (Wildman–Crippen MR) is 126 cm³/mol. The van der Waals surface area contributed by atoms with Gasteiger partial charge in [0.15, 0.2) is 23.1 Å². The summed E-state index contributed by atoms with van der Waals surface area (Å²) in [5.74, 6) is -0.747. The smallest absolute Gasteiger partial charge is 0.184 e. The van der Waals surface area contributed by atoms with Crippen LogP contribution in [0.25, 0.3) is 22.4 Å². The molecule has 168 valence electrons. The minimum Gasteiger partial charge on any atom is -0.382 e. The predicted octanol–water partition coefficient (Wildman–Crippen LogP) is 5.40. The fourth-order valence-corrected chi connectivity index (χ4v) is 3.53. The molecule has 0 bridgehead atoms. The van der Waals surface area contributed by atoms with E-state index < -0.39 is 5.82 Å². The SMILES string of the molecule is Nc1nc(-c2nn(Cc3ccccc3F)c3ccc(F)cc23)nc(N)c1/N=N/c1ccccc1. The number of azo groups is 1. The summed E-state index contributed by atoms with van der Waals surface area (Å²) in [6, 6.07) is 19.6. The van der Waals surface area contributed by atoms with Gasteiger partial charge < -0.3 is 11.5 Å². The van der Waals surface area contributed by atoms with Crippen LogP contribution < -0.4 is 11.5 Å². The molecule has 2 heterocycles. The van der Waals surface area contributed by atoms with Crippen LogP contribution in [0.3, 0.4) is 0 Å². The Balaban J connectivity index is 1.58. The van der Waals surface area contributed by atoms with Crippen molar-refractivity contribution in [1.29, 1.82) is 0 Å². The molecule has 0 fully saturated rings. The summed E-state index contributed by atoms with van der Waals surface area (Å²) >= 11 is 0. The topological polar surface area (TPSA) is 120 Å². The highest BCUT2D eigenvalue weighted by Crippen LogP contribution is 2.33. The van der Waals surface area contributed by atoms with Gasteiger partial charge in [-0.15, -0.1) is 5.11 Å². The zero-order valence-electron chi connectivity index (χ0n) is 17.7. The van der Waals surface area contributed by atoms with E-state index in [1.165, 1.54) is 18.2 Å². The molecule has 0 saturated heterocycles. The maximum absolute atomic E-state index is 14.2. The number of hydrogen-bond acceptors (Lipinski definition) is 7. The zero-order chi connectivity index (χ0) is 23.7. The van der Waals surface area contributed by atoms with Crippen LogP contribution in [0.4, 0.5) is 31.8 Å². The molecule has 34 heavy (non-hydrogen) atoms. The van der Waals surface area contributed by atoms with Gasteiger partial charge in [-0.1, -0.05) is 36.4 Å². The molecule has 0 atom stereocenters. The number of benzene rings is 3. The van der Waals surface area contributed by atoms with Gasteiger partial charge in [-0.3, -0.25) is 4.68 Å². The highest BCUT2D eigenvalue weighted by Gasteiger charge is 2.19. The lowest BCUT2D eigenvalue weighted by atomic mass is 10.2. The van der Waals surface area contributed by atoms with E-state index in [-0.39, 0.29) is 41.2 Å². The van der Waals surface area contributed by atoms with Crippen molar-refractivity contribution in [2.24, 2.45) is 10.2 Å². The van der Waals surface area contributed by atoms with Gasteiger partial charge in [0, 0.05) is 10.9 Å². The largest absolute Gasteiger partial charge is 0.382 e. The van der Waals surface area contributed by atoms with Gasteiger partial charge >= 0.3 is 0 Å². The lowest BCUT2D eigenvalue weighted by Gasteiger charge is -2.05. The lowest BCUT2D eigenvalue weighted by Crippen LogP contribution is -2.05. The number of halogens is 2. The third-order valence-corrected chi connectivity index (χ3v) is 5.16. The number of fused-ring (bicyclic) bond motifs is 1. The molecule has 0 unspecified atom stereocenters. The first-order valence-corrected chi connectivity index (χ1v) is 10.3. The Labute approximate surface area is 192 Å². The van der Waals surface area contributed by atoms with Crippen molar-refractivity contribution >= 4 is 33.9 Å². The summed E-state index contributed by atoms with van der Waals surface area (Å²) in [6.07, 6.45) is 0. The number of nitrogens with two attached hydrogens (primary N) is 2. The zero-order valence-corrected chi connectivity index (χ0v) is 17.7. The van der Waals surface area contributed by atoms with Crippen molar-refractivity contribution in [3.8, 4) is 11.5 Å². The molecule has 0 amide bonds. The number of nitrogen functional groups attached to an aromatic ring is 2. The minimum atomic E-state index is -0.464. The number of aromatic nitrogens is 4. The summed E-state index contributed by atoms with van der Waals surface area (Å²) in [5, 5.41) is 13.2. The molecule has 3 aromatic carbocycles. The highest BCUT2D eigenvalue weighted by molar-refractivity contribution is 5.92. The van der Waals surface area contributed by atoms with Crippen LogP contribution in [0, 0.1) is 11.6 Å². The number of nitrogens with zero attached hydrogens (tertiary/aromatic N) is 6. The molecule has 4 N–H and O–H groups in total. The van der Waals surface area contributed by atoms with Gasteiger partial charge in [-0.2, -0.15) is 10.2 Å². The average Bonchev–Trinajstić information content (AvgIpc) is 3.18. The summed E-state index contributed by atoms with van der Waals surface area (Å²) in [6.45, 7) is 0.128. The molecule has 0 aliphatic rings. The molecule has 5 aromatic rings. The summed E-state index contributed by atoms with van der Waals surface area (Å²) in [5.41, 5.74) is 14.2. The lowest BCUT2D eigenvalue weighted by molar-refractivity contribution is 0.590. The van der Waals surface area contributed by atoms with Crippen LogP contribution in [0.5, 0.6) is 0 Å². The normalized spacial score (nSPS) is 11.5. The third-order valence-electron chi connectivity index (χ3n) is 5.16. The first kappa shape index (κ1) is 21.1. The van der Waals surface area contributed by atoms with E-state index in [9.17, 15) is 8.78 Å². The average molecular weight is 456 g/mol. The van der Waals surface area contributed by atoms with E-state index >= 15 is 0 Å². The van der Waals surface area contributed by atoms with E-state index in [4.69, 9.17) is 11.5 Å². The molecule has 10 heteroatoms. The standard InChI is InChI=1S/C24H18F2N8/c25-15-10-11-19-17(12-15)20(33-34(19)13-14-6-4-5-9-18(14)26)24-29-22(27)21(23(28)30-24)32-31-16-7-2-1-3-8-16/h1-12H,13H2,(H4,27,28,29,30)/b32-31+. The summed E-state index contributed by atoms with van der Waals surface area (Å²) in [7, 11) is 0. The Hall–Kier alpha value is -4.73. The molecule has 0 aliphatic heterocycles. The number of rotatable bonds is 5. The monoisotopic (exact) mass is 456 g/mol. The second-order valence-corrected chi connectivity index (χ2v) is 7.46. The van der Waals surface area contributed by atoms with Crippen LogP contribution in [0.1, 0.15) is 5.56 Å². The van der Waals surface area contributed by atoms with E-state index in [1.54, 1.807) is 41.1 Å². The Morgan fingerprint density at radius 2 is 1.53 bits per heavy atom. The molecular formula is C24H18F2N8. The Morgan fingerprint density at radius 3 is 2.26 bits per heavy atom. The van der Waals surface area contributed by atoms with Gasteiger partial charge in [-0.25, -0.2) is 18.7 Å². The fraction of sp³-hybridized carbons (Fsp3) is 0.0417. The van der Waals surface area contributed by atoms with Crippen molar-refractivity contribution in [3.05, 3.63) is 90.0 Å². The van der Waals surface area contributed by atoms with Crippen molar-refractivity contribution in [2.75, 3.05) is 11.5 Å². The molecule has 8 nitrogen and oxygen atoms in total. The molecular weight excluding hydrogens is 438 g/mol. The molecule has 0 aliphatic carbocycles. The first-order valence-electron chi connectivity index (χ1n) is 10.3. The van der Waals surface area contributed by atoms with E-state index in [1.807, 2.05) is 18.2 Å². The Morgan fingerprint density at radius 1 is 0.824 bits per heavy atom. The van der Waals surface area contributed by atoms with Crippen LogP contribution in [0.15, 0.2) is 83.0 Å². The quantitative estimate of drug-likeness (QED) is 0.343. The minimum absolute atomic E-state index is 0.00427. The van der Waals surface area contributed by atoms with Gasteiger partial charge in [0.1, 0.15) is 17.3 Å². The van der Waals surface area contributed by atoms with E-state index in [0.717, 1.165) is 0 Å². The molecule has 5 rings (SSSR count). The van der Waals surface area contributed by atoms with Crippen molar-refractivity contribution < 1.29 is 8.78 Å². The van der Waals surface area contributed by atoms with Gasteiger partial charge in [0.2, 0.25) is 0 Å². The van der Waals surface area contributed by atoms with Gasteiger partial charge in [0.25, 0.3) is 0 Å². The van der Waals surface area contributed by atoms with Crippen LogP contribution >= 0.6 is 0 Å². The molecule has 2 aromatic heterocycles. The maximum Gasteiger partial charge on any atom is 0.184 e. The Bertz CT molecular complexity index is 1510. The second kappa shape index (κ2) is 8.66. The number of hydrogen-bond donors (Lipinski definition) is 2. The number of anilines is 2. The van der Waals surface area contributed by atoms with Crippen molar-refractivity contribution in [1.82, 2.24) is 19.7 Å². The summed E-state index contributed by atoms with van der Waals surface area (Å²) < 4.78 is 29.9. The fourth-order valence-electron chi connectivity index (χ4n) is 3.53. The van der Waals surface area contributed by atoms with Gasteiger partial charge in [0.05, 0.1) is 17.7 Å². The van der Waals surface area contributed by atoms with Crippen LogP contribution in [0.2, 0.25) is 0 Å². The third kappa shape index (κ3) is 4.04. The Kier molecular flexibility index (Phi) is 5.38. The van der Waals surface area contributed by atoms with Gasteiger partial charge in [-0.05, 0) is 36.4 Å². The van der Waals surface area contributed by atoms with Crippen molar-refractivity contribution in [3.63, 3.8) is 0 Å². The molecule has 0 spiro atoms. The second-order valence-electron chi connectivity index (χ2n) is 7.46. The van der Waals surface area contributed by atoms with Crippen LogP contribution in [-0.4, -0.2) is 19.7 Å². The molecule has 0 saturated carbocycles. The van der Waals surface area contributed by atoms with Crippen molar-refractivity contribution in [2.45, 2.75) is 6.54 Å². The van der Waals surface area contributed by atoms with Crippen LogP contribution in [-0.2, 0) is 6.54 Å². The first-order chi connectivity index (χ1) is 16.5. The molecule has 0 radical (unpaired) electrons. The summed E-state index contributed by atoms with van der Waals surface area (Å²) in [4.78, 5) is 8.59. The highest BCUT2D eigenvalue weighted by atomic mass is 19.1. The maximum atomic E-state index is 14.2. The van der Waals surface area contributed by atoms with E-state index in [2.05, 4.69) is 25.3 Å².